The van der Waals surface area contributed by atoms with E-state index in [1.165, 1.54) is 48.8 Å². The van der Waals surface area contributed by atoms with E-state index in [1.807, 2.05) is 0 Å². The first-order valence-corrected chi connectivity index (χ1v) is 7.49. The summed E-state index contributed by atoms with van der Waals surface area (Å²) in [6.07, 6.45) is 6.69. The summed E-state index contributed by atoms with van der Waals surface area (Å²) >= 11 is 0. The molecule has 1 aromatic rings. The molecule has 2 atom stereocenters. The normalized spacial score (nSPS) is 24.0. The number of likely N-dealkylation sites (N-methyl/N-ethyl adjacent to an activating group) is 1. The second-order valence-corrected chi connectivity index (χ2v) is 5.82. The van der Waals surface area contributed by atoms with E-state index >= 15 is 0 Å². The molecule has 1 N–H and O–H groups in total. The highest BCUT2D eigenvalue weighted by Gasteiger charge is 2.25. The Morgan fingerprint density at radius 2 is 1.79 bits per heavy atom. The summed E-state index contributed by atoms with van der Waals surface area (Å²) in [7, 11) is 3.86. The molecule has 0 aromatic heterocycles. The van der Waals surface area contributed by atoms with Crippen LogP contribution < -0.4 is 10.1 Å². The van der Waals surface area contributed by atoms with E-state index in [0.717, 1.165) is 5.75 Å². The van der Waals surface area contributed by atoms with Crippen molar-refractivity contribution in [3.05, 3.63) is 28.8 Å². The molecule has 106 valence electrons. The molecule has 0 heterocycles. The highest BCUT2D eigenvalue weighted by Crippen LogP contribution is 2.36. The largest absolute Gasteiger partial charge is 0.496 e. The number of methoxy groups -OCH3 is 1. The first-order valence-electron chi connectivity index (χ1n) is 7.49. The maximum absolute atomic E-state index is 5.43. The molecule has 0 saturated heterocycles. The van der Waals surface area contributed by atoms with E-state index in [1.54, 1.807) is 7.11 Å². The van der Waals surface area contributed by atoms with Crippen LogP contribution in [0, 0.1) is 13.8 Å². The quantitative estimate of drug-likeness (QED) is 0.832. The van der Waals surface area contributed by atoms with Gasteiger partial charge in [0.25, 0.3) is 0 Å². The minimum atomic E-state index is 0.619. The smallest absolute Gasteiger partial charge is 0.122 e. The van der Waals surface area contributed by atoms with Crippen LogP contribution in [0.2, 0.25) is 0 Å². The summed E-state index contributed by atoms with van der Waals surface area (Å²) in [4.78, 5) is 0. The Kier molecular flexibility index (Phi) is 4.87. The highest BCUT2D eigenvalue weighted by molar-refractivity contribution is 5.43. The lowest BCUT2D eigenvalue weighted by Gasteiger charge is -2.27. The van der Waals surface area contributed by atoms with Gasteiger partial charge < -0.3 is 10.1 Å². The van der Waals surface area contributed by atoms with Gasteiger partial charge in [0, 0.05) is 6.04 Å². The monoisotopic (exact) mass is 261 g/mol. The lowest BCUT2D eigenvalue weighted by atomic mass is 9.84. The number of aryl methyl sites for hydroxylation is 2. The molecule has 1 fully saturated rings. The van der Waals surface area contributed by atoms with Crippen LogP contribution in [0.3, 0.4) is 0 Å². The van der Waals surface area contributed by atoms with Crippen molar-refractivity contribution in [1.29, 1.82) is 0 Å². The van der Waals surface area contributed by atoms with E-state index in [0.29, 0.717) is 12.0 Å². The van der Waals surface area contributed by atoms with Gasteiger partial charge >= 0.3 is 0 Å². The third kappa shape index (κ3) is 3.11. The van der Waals surface area contributed by atoms with Gasteiger partial charge in [0.15, 0.2) is 0 Å². The maximum Gasteiger partial charge on any atom is 0.122 e. The Labute approximate surface area is 117 Å². The molecule has 19 heavy (non-hydrogen) atoms. The van der Waals surface area contributed by atoms with Gasteiger partial charge in [-0.05, 0) is 62.4 Å². The van der Waals surface area contributed by atoms with Gasteiger partial charge in [-0.25, -0.2) is 0 Å². The summed E-state index contributed by atoms with van der Waals surface area (Å²) in [5, 5.41) is 3.54. The molecule has 0 aliphatic heterocycles. The molecule has 1 saturated carbocycles. The van der Waals surface area contributed by atoms with E-state index < -0.39 is 0 Å². The Morgan fingerprint density at radius 3 is 2.47 bits per heavy atom. The lowest BCUT2D eigenvalue weighted by Crippen LogP contribution is -2.31. The molecule has 0 bridgehead atoms. The average Bonchev–Trinajstić information content (AvgIpc) is 2.65. The zero-order valence-electron chi connectivity index (χ0n) is 12.8. The van der Waals surface area contributed by atoms with Crippen molar-refractivity contribution in [1.82, 2.24) is 5.32 Å². The van der Waals surface area contributed by atoms with Gasteiger partial charge in [-0.3, -0.25) is 0 Å². The maximum atomic E-state index is 5.43. The Hall–Kier alpha value is -1.02. The molecular formula is C17H27NO. The summed E-state index contributed by atoms with van der Waals surface area (Å²) in [5.74, 6) is 1.66. The van der Waals surface area contributed by atoms with Crippen molar-refractivity contribution >= 4 is 0 Å². The molecule has 0 amide bonds. The molecule has 2 nitrogen and oxygen atoms in total. The Morgan fingerprint density at radius 1 is 1.05 bits per heavy atom. The van der Waals surface area contributed by atoms with Crippen molar-refractivity contribution in [3.63, 3.8) is 0 Å². The summed E-state index contributed by atoms with van der Waals surface area (Å²) in [6.45, 7) is 4.36. The minimum absolute atomic E-state index is 0.619. The molecule has 0 radical (unpaired) electrons. The SMILES string of the molecule is CNC1CCCCCC1c1cc(C)c(OC)cc1C. The van der Waals surface area contributed by atoms with Crippen molar-refractivity contribution in [2.45, 2.75) is 57.9 Å². The van der Waals surface area contributed by atoms with Gasteiger partial charge in [0.1, 0.15) is 5.75 Å². The number of rotatable bonds is 3. The van der Waals surface area contributed by atoms with Gasteiger partial charge in [0.05, 0.1) is 7.11 Å². The molecule has 1 aliphatic rings. The van der Waals surface area contributed by atoms with Crippen molar-refractivity contribution in [2.75, 3.05) is 14.2 Å². The number of benzene rings is 1. The van der Waals surface area contributed by atoms with Crippen LogP contribution in [0.5, 0.6) is 5.75 Å². The zero-order valence-corrected chi connectivity index (χ0v) is 12.8. The van der Waals surface area contributed by atoms with Crippen LogP contribution in [0.4, 0.5) is 0 Å². The number of ether oxygens (including phenoxy) is 1. The Balaban J connectivity index is 2.35. The van der Waals surface area contributed by atoms with Crippen LogP contribution in [0.1, 0.15) is 54.7 Å². The number of nitrogens with one attached hydrogen (secondary N) is 1. The van der Waals surface area contributed by atoms with Gasteiger partial charge in [-0.1, -0.05) is 25.3 Å². The molecule has 2 rings (SSSR count). The molecule has 1 aliphatic carbocycles. The molecule has 1 aromatic carbocycles. The average molecular weight is 261 g/mol. The van der Waals surface area contributed by atoms with Crippen LogP contribution in [0.25, 0.3) is 0 Å². The molecule has 2 unspecified atom stereocenters. The van der Waals surface area contributed by atoms with Crippen molar-refractivity contribution < 1.29 is 4.74 Å². The second-order valence-electron chi connectivity index (χ2n) is 5.82. The van der Waals surface area contributed by atoms with Crippen molar-refractivity contribution in [2.24, 2.45) is 0 Å². The van der Waals surface area contributed by atoms with Crippen molar-refractivity contribution in [3.8, 4) is 5.75 Å². The summed E-state index contributed by atoms with van der Waals surface area (Å²) < 4.78 is 5.43. The molecule has 2 heteroatoms. The van der Waals surface area contributed by atoms with Crippen LogP contribution >= 0.6 is 0 Å². The van der Waals surface area contributed by atoms with Gasteiger partial charge in [-0.2, -0.15) is 0 Å². The fourth-order valence-corrected chi connectivity index (χ4v) is 3.46. The van der Waals surface area contributed by atoms with Gasteiger partial charge in [-0.15, -0.1) is 0 Å². The predicted molar refractivity (Wildman–Crippen MR) is 81.1 cm³/mol. The number of hydrogen-bond acceptors (Lipinski definition) is 2. The Bertz CT molecular complexity index is 428. The standard InChI is InChI=1S/C17H27NO/c1-12-11-17(19-4)13(2)10-15(12)14-8-6-5-7-9-16(14)18-3/h10-11,14,16,18H,5-9H2,1-4H3. The lowest BCUT2D eigenvalue weighted by molar-refractivity contribution is 0.409. The summed E-state index contributed by atoms with van der Waals surface area (Å²) in [6, 6.07) is 5.16. The first-order chi connectivity index (χ1) is 9.17. The molecular weight excluding hydrogens is 234 g/mol. The van der Waals surface area contributed by atoms with Gasteiger partial charge in [0.2, 0.25) is 0 Å². The molecule has 0 spiro atoms. The third-order valence-corrected chi connectivity index (χ3v) is 4.57. The minimum Gasteiger partial charge on any atom is -0.496 e. The fraction of sp³-hybridized carbons (Fsp3) is 0.647. The summed E-state index contributed by atoms with van der Waals surface area (Å²) in [5.41, 5.74) is 4.14. The second kappa shape index (κ2) is 6.42. The predicted octanol–water partition coefficient (Wildman–Crippen LogP) is 3.95. The topological polar surface area (TPSA) is 21.3 Å². The van der Waals surface area contributed by atoms with Crippen LogP contribution in [-0.2, 0) is 0 Å². The van der Waals surface area contributed by atoms with Crippen LogP contribution in [0.15, 0.2) is 12.1 Å². The van der Waals surface area contributed by atoms with Crippen LogP contribution in [-0.4, -0.2) is 20.2 Å². The van der Waals surface area contributed by atoms with E-state index in [2.05, 4.69) is 38.3 Å². The van der Waals surface area contributed by atoms with E-state index in [9.17, 15) is 0 Å². The fourth-order valence-electron chi connectivity index (χ4n) is 3.46. The van der Waals surface area contributed by atoms with E-state index in [-0.39, 0.29) is 0 Å². The van der Waals surface area contributed by atoms with E-state index in [4.69, 9.17) is 4.74 Å². The number of hydrogen-bond donors (Lipinski definition) is 1. The zero-order chi connectivity index (χ0) is 13.8. The first kappa shape index (κ1) is 14.4. The highest BCUT2D eigenvalue weighted by atomic mass is 16.5. The third-order valence-electron chi connectivity index (χ3n) is 4.57.